The zero-order chi connectivity index (χ0) is 14.7. The van der Waals surface area contributed by atoms with Gasteiger partial charge in [-0.05, 0) is 48.0 Å². The maximum absolute atomic E-state index is 4.55. The van der Waals surface area contributed by atoms with Crippen LogP contribution in [0.1, 0.15) is 35.6 Å². The molecule has 0 aliphatic carbocycles. The minimum atomic E-state index is 0.236. The number of aryl methyl sites for hydroxylation is 3. The number of likely N-dealkylation sites (N-methyl/N-ethyl adjacent to an activating group) is 1. The largest absolute Gasteiger partial charge is 0.313 e. The molecule has 2 aromatic rings. The average molecular weight is 337 g/mol. The molecule has 5 heteroatoms. The van der Waals surface area contributed by atoms with E-state index in [0.29, 0.717) is 0 Å². The van der Waals surface area contributed by atoms with E-state index >= 15 is 0 Å². The summed E-state index contributed by atoms with van der Waals surface area (Å²) in [7, 11) is 3.98. The second kappa shape index (κ2) is 6.50. The van der Waals surface area contributed by atoms with E-state index in [0.717, 1.165) is 28.7 Å². The molecule has 108 valence electrons. The molecular weight excluding hydrogens is 316 g/mol. The van der Waals surface area contributed by atoms with Gasteiger partial charge >= 0.3 is 0 Å². The molecule has 0 saturated heterocycles. The summed E-state index contributed by atoms with van der Waals surface area (Å²) in [6.45, 7) is 4.12. The van der Waals surface area contributed by atoms with Gasteiger partial charge in [0, 0.05) is 31.4 Å². The van der Waals surface area contributed by atoms with Crippen LogP contribution in [0.2, 0.25) is 0 Å². The van der Waals surface area contributed by atoms with Gasteiger partial charge in [0.15, 0.2) is 0 Å². The van der Waals surface area contributed by atoms with Crippen molar-refractivity contribution in [2.24, 2.45) is 7.05 Å². The summed E-state index contributed by atoms with van der Waals surface area (Å²) < 4.78 is 3.09. The normalized spacial score (nSPS) is 12.7. The molecule has 2 aromatic heterocycles. The van der Waals surface area contributed by atoms with Crippen LogP contribution in [0.5, 0.6) is 0 Å². The number of halogens is 1. The lowest BCUT2D eigenvalue weighted by molar-refractivity contribution is 0.558. The fraction of sp³-hybridized carbons (Fsp3) is 0.467. The highest BCUT2D eigenvalue weighted by Crippen LogP contribution is 2.26. The van der Waals surface area contributed by atoms with Gasteiger partial charge < -0.3 is 5.32 Å². The Hall–Kier alpha value is -1.20. The van der Waals surface area contributed by atoms with E-state index in [4.69, 9.17) is 0 Å². The molecule has 2 rings (SSSR count). The van der Waals surface area contributed by atoms with Gasteiger partial charge in [-0.3, -0.25) is 9.67 Å². The third kappa shape index (κ3) is 3.10. The number of nitrogens with zero attached hydrogens (tertiary/aromatic N) is 3. The first-order valence-electron chi connectivity index (χ1n) is 6.86. The summed E-state index contributed by atoms with van der Waals surface area (Å²) in [5, 5.41) is 7.92. The molecule has 20 heavy (non-hydrogen) atoms. The maximum atomic E-state index is 4.55. The third-order valence-electron chi connectivity index (χ3n) is 3.59. The lowest BCUT2D eigenvalue weighted by Gasteiger charge is -2.17. The Kier molecular flexibility index (Phi) is 4.94. The first kappa shape index (κ1) is 15.2. The van der Waals surface area contributed by atoms with E-state index in [-0.39, 0.29) is 6.04 Å². The monoisotopic (exact) mass is 336 g/mol. The first-order valence-corrected chi connectivity index (χ1v) is 7.66. The van der Waals surface area contributed by atoms with Crippen molar-refractivity contribution in [2.75, 3.05) is 7.05 Å². The zero-order valence-electron chi connectivity index (χ0n) is 12.4. The summed E-state index contributed by atoms with van der Waals surface area (Å²) in [5.74, 6) is 0. The van der Waals surface area contributed by atoms with Crippen LogP contribution in [0.3, 0.4) is 0 Å². The van der Waals surface area contributed by atoms with Crippen LogP contribution in [0.25, 0.3) is 0 Å². The Morgan fingerprint density at radius 2 is 2.15 bits per heavy atom. The Labute approximate surface area is 128 Å². The number of aromatic nitrogens is 3. The van der Waals surface area contributed by atoms with Crippen molar-refractivity contribution >= 4 is 15.9 Å². The SMILES string of the molecule is CCc1nn(C)c(CC(NC)c2ccc(C)nc2)c1Br. The average Bonchev–Trinajstić information content (AvgIpc) is 2.72. The van der Waals surface area contributed by atoms with Gasteiger partial charge in [0.25, 0.3) is 0 Å². The van der Waals surface area contributed by atoms with E-state index in [2.05, 4.69) is 50.4 Å². The van der Waals surface area contributed by atoms with Gasteiger partial charge in [-0.2, -0.15) is 5.10 Å². The van der Waals surface area contributed by atoms with Crippen LogP contribution < -0.4 is 5.32 Å². The van der Waals surface area contributed by atoms with Crippen molar-refractivity contribution in [3.8, 4) is 0 Å². The second-order valence-corrected chi connectivity index (χ2v) is 5.76. The van der Waals surface area contributed by atoms with Crippen LogP contribution in [0, 0.1) is 6.92 Å². The lowest BCUT2D eigenvalue weighted by Crippen LogP contribution is -2.20. The molecule has 2 heterocycles. The Bertz CT molecular complexity index is 574. The highest BCUT2D eigenvalue weighted by atomic mass is 79.9. The standard InChI is InChI=1S/C15H21BrN4/c1-5-12-15(16)14(20(4)19-12)8-13(17-3)11-7-6-10(2)18-9-11/h6-7,9,13,17H,5,8H2,1-4H3. The fourth-order valence-electron chi connectivity index (χ4n) is 2.31. The molecule has 0 spiro atoms. The van der Waals surface area contributed by atoms with Gasteiger partial charge in [0.2, 0.25) is 0 Å². The predicted molar refractivity (Wildman–Crippen MR) is 84.8 cm³/mol. The highest BCUT2D eigenvalue weighted by molar-refractivity contribution is 9.10. The van der Waals surface area contributed by atoms with Gasteiger partial charge in [0.1, 0.15) is 0 Å². The molecule has 0 aliphatic rings. The Morgan fingerprint density at radius 3 is 2.65 bits per heavy atom. The molecule has 0 amide bonds. The molecule has 1 unspecified atom stereocenters. The van der Waals surface area contributed by atoms with Crippen LogP contribution in [-0.4, -0.2) is 21.8 Å². The number of hydrogen-bond donors (Lipinski definition) is 1. The maximum Gasteiger partial charge on any atom is 0.0766 e. The quantitative estimate of drug-likeness (QED) is 0.912. The van der Waals surface area contributed by atoms with Gasteiger partial charge in [-0.25, -0.2) is 0 Å². The Morgan fingerprint density at radius 1 is 1.40 bits per heavy atom. The molecule has 4 nitrogen and oxygen atoms in total. The number of pyridine rings is 1. The van der Waals surface area contributed by atoms with Crippen LogP contribution in [0.4, 0.5) is 0 Å². The minimum absolute atomic E-state index is 0.236. The van der Waals surface area contributed by atoms with E-state index in [1.807, 2.05) is 31.9 Å². The molecule has 0 saturated carbocycles. The van der Waals surface area contributed by atoms with E-state index < -0.39 is 0 Å². The first-order chi connectivity index (χ1) is 9.56. The van der Waals surface area contributed by atoms with Crippen molar-refractivity contribution in [3.05, 3.63) is 45.4 Å². The molecule has 0 radical (unpaired) electrons. The van der Waals surface area contributed by atoms with Crippen molar-refractivity contribution in [1.29, 1.82) is 0 Å². The lowest BCUT2D eigenvalue weighted by atomic mass is 10.0. The highest BCUT2D eigenvalue weighted by Gasteiger charge is 2.18. The predicted octanol–water partition coefficient (Wildman–Crippen LogP) is 2.95. The second-order valence-electron chi connectivity index (χ2n) is 4.96. The topological polar surface area (TPSA) is 42.7 Å². The molecule has 1 N–H and O–H groups in total. The van der Waals surface area contributed by atoms with Crippen LogP contribution in [-0.2, 0) is 19.9 Å². The molecular formula is C15H21BrN4. The molecule has 0 aliphatic heterocycles. The molecule has 0 fully saturated rings. The summed E-state index contributed by atoms with van der Waals surface area (Å²) >= 11 is 3.68. The van der Waals surface area contributed by atoms with Crippen molar-refractivity contribution in [2.45, 2.75) is 32.7 Å². The molecule has 0 bridgehead atoms. The summed E-state index contributed by atoms with van der Waals surface area (Å²) in [6, 6.07) is 4.42. The number of nitrogens with one attached hydrogen (secondary N) is 1. The Balaban J connectivity index is 2.26. The van der Waals surface area contributed by atoms with Crippen molar-refractivity contribution in [1.82, 2.24) is 20.1 Å². The van der Waals surface area contributed by atoms with Crippen molar-refractivity contribution < 1.29 is 0 Å². The number of hydrogen-bond acceptors (Lipinski definition) is 3. The van der Waals surface area contributed by atoms with Crippen LogP contribution in [0.15, 0.2) is 22.8 Å². The summed E-state index contributed by atoms with van der Waals surface area (Å²) in [5.41, 5.74) is 4.56. The third-order valence-corrected chi connectivity index (χ3v) is 4.50. The number of rotatable bonds is 5. The zero-order valence-corrected chi connectivity index (χ0v) is 14.0. The molecule has 1 atom stereocenters. The van der Waals surface area contributed by atoms with E-state index in [1.165, 1.54) is 11.3 Å². The van der Waals surface area contributed by atoms with E-state index in [9.17, 15) is 0 Å². The van der Waals surface area contributed by atoms with Gasteiger partial charge in [-0.1, -0.05) is 13.0 Å². The van der Waals surface area contributed by atoms with Gasteiger partial charge in [0.05, 0.1) is 15.9 Å². The summed E-state index contributed by atoms with van der Waals surface area (Å²) in [4.78, 5) is 4.38. The van der Waals surface area contributed by atoms with Crippen LogP contribution >= 0.6 is 15.9 Å². The fourth-order valence-corrected chi connectivity index (χ4v) is 3.09. The summed E-state index contributed by atoms with van der Waals surface area (Å²) in [6.07, 6.45) is 3.76. The van der Waals surface area contributed by atoms with E-state index in [1.54, 1.807) is 0 Å². The van der Waals surface area contributed by atoms with Crippen molar-refractivity contribution in [3.63, 3.8) is 0 Å². The minimum Gasteiger partial charge on any atom is -0.313 e. The van der Waals surface area contributed by atoms with Gasteiger partial charge in [-0.15, -0.1) is 0 Å². The smallest absolute Gasteiger partial charge is 0.0766 e. The molecule has 0 aromatic carbocycles.